The number of carboxylic acids is 1. The molecule has 1 aliphatic heterocycles. The molecule has 4 N–H and O–H groups in total. The van der Waals surface area contributed by atoms with Crippen LogP contribution in [0.15, 0.2) is 12.2 Å². The Labute approximate surface area is 243 Å². The van der Waals surface area contributed by atoms with Gasteiger partial charge >= 0.3 is 12.0 Å². The summed E-state index contributed by atoms with van der Waals surface area (Å²) in [5.41, 5.74) is -1.32. The number of Topliss-reactive ketones (excluding diaryl/α,β-unsaturated/α-hetero) is 1. The van der Waals surface area contributed by atoms with Crippen molar-refractivity contribution in [2.24, 2.45) is 17.8 Å². The second-order valence-corrected chi connectivity index (χ2v) is 12.5. The van der Waals surface area contributed by atoms with Gasteiger partial charge in [0, 0.05) is 18.4 Å². The average Bonchev–Trinajstić information content (AvgIpc) is 3.88. The van der Waals surface area contributed by atoms with Crippen molar-refractivity contribution in [3.63, 3.8) is 0 Å². The first-order valence-electron chi connectivity index (χ1n) is 15.9. The summed E-state index contributed by atoms with van der Waals surface area (Å²) < 4.78 is 0. The largest absolute Gasteiger partial charge is 0.479 e. The lowest BCUT2D eigenvalue weighted by atomic mass is 9.81. The Bertz CT molecular complexity index is 1000. The molecule has 1 unspecified atom stereocenters. The first-order chi connectivity index (χ1) is 19.8. The van der Waals surface area contributed by atoms with Crippen molar-refractivity contribution in [2.75, 3.05) is 13.1 Å². The zero-order valence-electron chi connectivity index (χ0n) is 24.5. The van der Waals surface area contributed by atoms with Gasteiger partial charge in [-0.15, -0.1) is 0 Å². The minimum Gasteiger partial charge on any atom is -0.479 e. The van der Waals surface area contributed by atoms with E-state index in [1.807, 2.05) is 12.2 Å². The van der Waals surface area contributed by atoms with Gasteiger partial charge < -0.3 is 26.0 Å². The highest BCUT2D eigenvalue weighted by Gasteiger charge is 2.61. The SMILES string of the molecule is CCCCCC/C=C\C1C[C@]1(NC(=O)[C@@H]1CCCN1C(=O)CNC(=O)N[C@H](C(=O)C1CC1)C1CCCCC1)C(=O)O. The van der Waals surface area contributed by atoms with Crippen molar-refractivity contribution < 1.29 is 29.1 Å². The van der Waals surface area contributed by atoms with Gasteiger partial charge in [-0.2, -0.15) is 0 Å². The molecule has 0 aromatic heterocycles. The molecule has 0 spiro atoms. The summed E-state index contributed by atoms with van der Waals surface area (Å²) in [6, 6.07) is -1.84. The number of hydrogen-bond acceptors (Lipinski definition) is 5. The zero-order chi connectivity index (χ0) is 29.4. The third-order valence-electron chi connectivity index (χ3n) is 9.31. The Balaban J connectivity index is 1.26. The lowest BCUT2D eigenvalue weighted by Gasteiger charge is -2.30. The summed E-state index contributed by atoms with van der Waals surface area (Å²) in [6.45, 7) is 2.23. The van der Waals surface area contributed by atoms with Gasteiger partial charge in [0.1, 0.15) is 11.6 Å². The predicted molar refractivity (Wildman–Crippen MR) is 154 cm³/mol. The molecule has 0 aromatic rings. The molecule has 4 atom stereocenters. The van der Waals surface area contributed by atoms with E-state index in [1.165, 1.54) is 11.3 Å². The summed E-state index contributed by atoms with van der Waals surface area (Å²) in [4.78, 5) is 65.4. The van der Waals surface area contributed by atoms with E-state index < -0.39 is 41.4 Å². The maximum absolute atomic E-state index is 13.2. The molecule has 10 nitrogen and oxygen atoms in total. The lowest BCUT2D eigenvalue weighted by Crippen LogP contribution is -2.55. The van der Waals surface area contributed by atoms with Crippen LogP contribution in [0.25, 0.3) is 0 Å². The van der Waals surface area contributed by atoms with Crippen LogP contribution in [0, 0.1) is 17.8 Å². The number of amides is 4. The molecular weight excluding hydrogens is 524 g/mol. The normalized spacial score (nSPS) is 26.9. The molecule has 1 heterocycles. The number of carboxylic acid groups (broad SMARTS) is 1. The van der Waals surface area contributed by atoms with Crippen LogP contribution in [0.3, 0.4) is 0 Å². The summed E-state index contributed by atoms with van der Waals surface area (Å²) in [6.07, 6.45) is 17.6. The Morgan fingerprint density at radius 2 is 1.73 bits per heavy atom. The first kappa shape index (κ1) is 31.0. The third kappa shape index (κ3) is 8.10. The second-order valence-electron chi connectivity index (χ2n) is 12.5. The molecular formula is C31H48N4O6. The molecule has 4 rings (SSSR count). The first-order valence-corrected chi connectivity index (χ1v) is 15.9. The van der Waals surface area contributed by atoms with E-state index in [0.717, 1.165) is 70.6 Å². The molecule has 1 saturated heterocycles. The van der Waals surface area contributed by atoms with Crippen molar-refractivity contribution in [3.05, 3.63) is 12.2 Å². The highest BCUT2D eigenvalue weighted by molar-refractivity contribution is 5.96. The standard InChI is InChI=1S/C31H48N4O6/c1-2-3-4-5-6-10-14-23-19-31(23,29(39)40)34-28(38)24-15-11-18-35(24)25(36)20-32-30(41)33-26(27(37)22-16-17-22)21-12-8-7-9-13-21/h10,14,21-24,26H,2-9,11-13,15-20H2,1H3,(H,34,38)(H,39,40)(H2,32,33,41)/b14-10-/t23?,24-,26-,31+/m0/s1. The zero-order valence-corrected chi connectivity index (χ0v) is 24.5. The molecule has 0 radical (unpaired) electrons. The van der Waals surface area contributed by atoms with Crippen LogP contribution in [0.1, 0.15) is 103 Å². The number of allylic oxidation sites excluding steroid dienone is 1. The van der Waals surface area contributed by atoms with Gasteiger partial charge in [-0.25, -0.2) is 9.59 Å². The number of rotatable bonds is 15. The van der Waals surface area contributed by atoms with E-state index in [4.69, 9.17) is 0 Å². The van der Waals surface area contributed by atoms with Crippen LogP contribution in [0.5, 0.6) is 0 Å². The van der Waals surface area contributed by atoms with Gasteiger partial charge in [0.05, 0.1) is 12.6 Å². The third-order valence-corrected chi connectivity index (χ3v) is 9.31. The molecule has 3 aliphatic carbocycles. The monoisotopic (exact) mass is 572 g/mol. The van der Waals surface area contributed by atoms with Crippen LogP contribution in [0.4, 0.5) is 4.79 Å². The van der Waals surface area contributed by atoms with Crippen LogP contribution in [-0.4, -0.2) is 70.3 Å². The fourth-order valence-electron chi connectivity index (χ4n) is 6.51. The van der Waals surface area contributed by atoms with Crippen molar-refractivity contribution in [2.45, 2.75) is 121 Å². The number of unbranched alkanes of at least 4 members (excludes halogenated alkanes) is 4. The quantitative estimate of drug-likeness (QED) is 0.174. The van der Waals surface area contributed by atoms with E-state index in [-0.39, 0.29) is 30.1 Å². The van der Waals surface area contributed by atoms with E-state index in [0.29, 0.717) is 25.8 Å². The van der Waals surface area contributed by atoms with Gasteiger partial charge in [-0.1, -0.05) is 57.6 Å². The number of nitrogens with zero attached hydrogens (tertiary/aromatic N) is 1. The number of likely N-dealkylation sites (tertiary alicyclic amines) is 1. The van der Waals surface area contributed by atoms with Crippen LogP contribution < -0.4 is 16.0 Å². The number of carbonyl (C=O) groups excluding carboxylic acids is 4. The number of hydrogen-bond donors (Lipinski definition) is 4. The molecule has 4 amide bonds. The molecule has 0 bridgehead atoms. The second kappa shape index (κ2) is 14.3. The number of ketones is 1. The summed E-state index contributed by atoms with van der Waals surface area (Å²) >= 11 is 0. The summed E-state index contributed by atoms with van der Waals surface area (Å²) in [5, 5.41) is 18.1. The van der Waals surface area contributed by atoms with E-state index in [2.05, 4.69) is 22.9 Å². The van der Waals surface area contributed by atoms with Gasteiger partial charge in [0.2, 0.25) is 11.8 Å². The predicted octanol–water partition coefficient (Wildman–Crippen LogP) is 3.69. The molecule has 10 heteroatoms. The average molecular weight is 573 g/mol. The van der Waals surface area contributed by atoms with Gasteiger partial charge in [-0.05, 0) is 63.7 Å². The number of urea groups is 1. The Morgan fingerprint density at radius 3 is 2.41 bits per heavy atom. The van der Waals surface area contributed by atoms with Crippen molar-refractivity contribution in [1.29, 1.82) is 0 Å². The van der Waals surface area contributed by atoms with Gasteiger partial charge in [0.15, 0.2) is 5.78 Å². The smallest absolute Gasteiger partial charge is 0.330 e. The highest BCUT2D eigenvalue weighted by Crippen LogP contribution is 2.45. The lowest BCUT2D eigenvalue weighted by molar-refractivity contribution is -0.145. The summed E-state index contributed by atoms with van der Waals surface area (Å²) in [5.74, 6) is -1.91. The Morgan fingerprint density at radius 1 is 0.976 bits per heavy atom. The Hall–Kier alpha value is -2.91. The molecule has 4 aliphatic rings. The topological polar surface area (TPSA) is 145 Å². The molecule has 228 valence electrons. The van der Waals surface area contributed by atoms with Gasteiger partial charge in [-0.3, -0.25) is 14.4 Å². The van der Waals surface area contributed by atoms with Crippen LogP contribution in [-0.2, 0) is 19.2 Å². The molecule has 3 saturated carbocycles. The number of nitrogens with one attached hydrogen (secondary N) is 3. The molecule has 4 fully saturated rings. The van der Waals surface area contributed by atoms with Crippen molar-refractivity contribution in [1.82, 2.24) is 20.9 Å². The van der Waals surface area contributed by atoms with Crippen LogP contribution >= 0.6 is 0 Å². The highest BCUT2D eigenvalue weighted by atomic mass is 16.4. The van der Waals surface area contributed by atoms with E-state index in [1.54, 1.807) is 0 Å². The van der Waals surface area contributed by atoms with Crippen molar-refractivity contribution >= 4 is 29.6 Å². The molecule has 41 heavy (non-hydrogen) atoms. The fraction of sp³-hybridized carbons (Fsp3) is 0.774. The minimum atomic E-state index is -1.32. The molecule has 0 aromatic carbocycles. The van der Waals surface area contributed by atoms with Gasteiger partial charge in [0.25, 0.3) is 0 Å². The number of carbonyl (C=O) groups is 5. The fourth-order valence-corrected chi connectivity index (χ4v) is 6.51. The Kier molecular flexibility index (Phi) is 10.8. The maximum Gasteiger partial charge on any atom is 0.330 e. The maximum atomic E-state index is 13.2. The van der Waals surface area contributed by atoms with Crippen molar-refractivity contribution in [3.8, 4) is 0 Å². The van der Waals surface area contributed by atoms with Crippen LogP contribution in [0.2, 0.25) is 0 Å². The number of aliphatic carboxylic acids is 1. The van der Waals surface area contributed by atoms with E-state index >= 15 is 0 Å². The minimum absolute atomic E-state index is 0.0363. The van der Waals surface area contributed by atoms with E-state index in [9.17, 15) is 29.1 Å². The summed E-state index contributed by atoms with van der Waals surface area (Å²) in [7, 11) is 0.